The van der Waals surface area contributed by atoms with E-state index in [1.165, 1.54) is 0 Å². The molecule has 0 bridgehead atoms. The fourth-order valence-electron chi connectivity index (χ4n) is 0.583. The summed E-state index contributed by atoms with van der Waals surface area (Å²) in [6.45, 7) is 1.74. The molecule has 0 aromatic heterocycles. The maximum Gasteiger partial charge on any atom is 0.0933 e. The van der Waals surface area contributed by atoms with E-state index in [0.717, 1.165) is 12.8 Å². The molecule has 0 fully saturated rings. The lowest BCUT2D eigenvalue weighted by atomic mass is 10.2. The zero-order valence-electron chi connectivity index (χ0n) is 5.55. The molecule has 0 aliphatic carbocycles. The van der Waals surface area contributed by atoms with Crippen LogP contribution in [0.1, 0.15) is 19.8 Å². The van der Waals surface area contributed by atoms with Crippen molar-refractivity contribution >= 4 is 11.6 Å². The molecular formula is C6H13ClO2. The predicted molar refractivity (Wildman–Crippen MR) is 37.6 cm³/mol. The molecule has 0 aromatic rings. The lowest BCUT2D eigenvalue weighted by molar-refractivity contribution is 0.0895. The second kappa shape index (κ2) is 5.03. The quantitative estimate of drug-likeness (QED) is 0.584. The molecule has 0 aromatic carbocycles. The zero-order chi connectivity index (χ0) is 7.28. The highest BCUT2D eigenvalue weighted by Crippen LogP contribution is 2.08. The Balaban J connectivity index is 3.32. The molecule has 56 valence electrons. The number of rotatable bonds is 4. The number of hydrogen-bond acceptors (Lipinski definition) is 2. The van der Waals surface area contributed by atoms with E-state index in [0.29, 0.717) is 0 Å². The van der Waals surface area contributed by atoms with Gasteiger partial charge in [-0.25, -0.2) is 0 Å². The van der Waals surface area contributed by atoms with E-state index in [1.807, 2.05) is 6.92 Å². The molecule has 0 unspecified atom stereocenters. The Labute approximate surface area is 60.5 Å². The van der Waals surface area contributed by atoms with Crippen molar-refractivity contribution in [3.05, 3.63) is 0 Å². The summed E-state index contributed by atoms with van der Waals surface area (Å²) in [7, 11) is 0. The van der Waals surface area contributed by atoms with Crippen LogP contribution in [-0.2, 0) is 0 Å². The van der Waals surface area contributed by atoms with E-state index in [9.17, 15) is 0 Å². The molecule has 0 aliphatic heterocycles. The first-order valence-corrected chi connectivity index (χ1v) is 3.59. The minimum Gasteiger partial charge on any atom is -0.394 e. The van der Waals surface area contributed by atoms with Crippen molar-refractivity contribution in [1.29, 1.82) is 0 Å². The van der Waals surface area contributed by atoms with Crippen LogP contribution in [0.4, 0.5) is 0 Å². The molecule has 3 heteroatoms. The Morgan fingerprint density at radius 1 is 1.56 bits per heavy atom. The van der Waals surface area contributed by atoms with E-state index < -0.39 is 6.10 Å². The van der Waals surface area contributed by atoms with Gasteiger partial charge in [0, 0.05) is 0 Å². The first-order chi connectivity index (χ1) is 4.22. The summed E-state index contributed by atoms with van der Waals surface area (Å²) in [6, 6.07) is 0. The second-order valence-electron chi connectivity index (χ2n) is 2.05. The van der Waals surface area contributed by atoms with Gasteiger partial charge >= 0.3 is 0 Å². The second-order valence-corrected chi connectivity index (χ2v) is 2.62. The van der Waals surface area contributed by atoms with Crippen LogP contribution in [0, 0.1) is 0 Å². The third kappa shape index (κ3) is 3.73. The first-order valence-electron chi connectivity index (χ1n) is 3.15. The van der Waals surface area contributed by atoms with Gasteiger partial charge in [-0.15, -0.1) is 11.6 Å². The Bertz CT molecular complexity index is 68.1. The van der Waals surface area contributed by atoms with Gasteiger partial charge in [-0.1, -0.05) is 13.3 Å². The van der Waals surface area contributed by atoms with Gasteiger partial charge in [0.15, 0.2) is 0 Å². The van der Waals surface area contributed by atoms with Crippen molar-refractivity contribution in [1.82, 2.24) is 0 Å². The fraction of sp³-hybridized carbons (Fsp3) is 1.00. The average Bonchev–Trinajstić information content (AvgIpc) is 1.87. The van der Waals surface area contributed by atoms with Crippen LogP contribution in [-0.4, -0.2) is 28.3 Å². The summed E-state index contributed by atoms with van der Waals surface area (Å²) in [5.74, 6) is 0. The predicted octanol–water partition coefficient (Wildman–Crippen LogP) is 0.747. The summed E-state index contributed by atoms with van der Waals surface area (Å²) in [4.78, 5) is 0. The van der Waals surface area contributed by atoms with Crippen LogP contribution >= 0.6 is 11.6 Å². The smallest absolute Gasteiger partial charge is 0.0933 e. The molecule has 2 N–H and O–H groups in total. The minimum absolute atomic E-state index is 0.242. The number of hydrogen-bond donors (Lipinski definition) is 2. The largest absolute Gasteiger partial charge is 0.394 e. The monoisotopic (exact) mass is 152 g/mol. The normalized spacial score (nSPS) is 17.3. The highest BCUT2D eigenvalue weighted by Gasteiger charge is 2.12. The Kier molecular flexibility index (Phi) is 5.15. The summed E-state index contributed by atoms with van der Waals surface area (Å²) in [6.07, 6.45) is 0.931. The van der Waals surface area contributed by atoms with Gasteiger partial charge in [0.2, 0.25) is 0 Å². The molecule has 0 aliphatic rings. The SMILES string of the molecule is CCC[C@H](Cl)[C@@H](O)CO. The van der Waals surface area contributed by atoms with Gasteiger partial charge in [-0.3, -0.25) is 0 Å². The molecule has 2 nitrogen and oxygen atoms in total. The molecule has 0 radical (unpaired) electrons. The minimum atomic E-state index is -0.758. The Morgan fingerprint density at radius 2 is 2.11 bits per heavy atom. The molecule has 9 heavy (non-hydrogen) atoms. The summed E-state index contributed by atoms with van der Waals surface area (Å²) < 4.78 is 0. The van der Waals surface area contributed by atoms with E-state index in [1.54, 1.807) is 0 Å². The first kappa shape index (κ1) is 9.21. The number of aliphatic hydroxyl groups is 2. The molecule has 0 heterocycles. The highest BCUT2D eigenvalue weighted by atomic mass is 35.5. The molecule has 0 saturated heterocycles. The van der Waals surface area contributed by atoms with Gasteiger partial charge < -0.3 is 10.2 Å². The third-order valence-corrected chi connectivity index (χ3v) is 1.68. The van der Waals surface area contributed by atoms with E-state index in [4.69, 9.17) is 21.8 Å². The number of aliphatic hydroxyl groups excluding tert-OH is 2. The summed E-state index contributed by atoms with van der Waals surface area (Å²) in [5, 5.41) is 17.0. The lowest BCUT2D eigenvalue weighted by Gasteiger charge is -2.12. The van der Waals surface area contributed by atoms with Crippen molar-refractivity contribution in [2.75, 3.05) is 6.61 Å². The van der Waals surface area contributed by atoms with Crippen molar-refractivity contribution in [3.63, 3.8) is 0 Å². The average molecular weight is 153 g/mol. The van der Waals surface area contributed by atoms with Gasteiger partial charge in [0.05, 0.1) is 18.1 Å². The third-order valence-electron chi connectivity index (χ3n) is 1.17. The van der Waals surface area contributed by atoms with Crippen molar-refractivity contribution in [2.24, 2.45) is 0 Å². The maximum atomic E-state index is 8.88. The summed E-state index contributed by atoms with van der Waals surface area (Å²) in [5.41, 5.74) is 0. The van der Waals surface area contributed by atoms with Crippen LogP contribution in [0.2, 0.25) is 0 Å². The highest BCUT2D eigenvalue weighted by molar-refractivity contribution is 6.21. The number of halogens is 1. The topological polar surface area (TPSA) is 40.5 Å². The van der Waals surface area contributed by atoms with E-state index in [2.05, 4.69) is 0 Å². The Hall–Kier alpha value is 0.210. The van der Waals surface area contributed by atoms with Crippen LogP contribution in [0.25, 0.3) is 0 Å². The molecule has 0 rings (SSSR count). The van der Waals surface area contributed by atoms with Crippen LogP contribution < -0.4 is 0 Å². The molecular weight excluding hydrogens is 140 g/mol. The maximum absolute atomic E-state index is 8.88. The fourth-order valence-corrected chi connectivity index (χ4v) is 0.880. The van der Waals surface area contributed by atoms with Crippen molar-refractivity contribution < 1.29 is 10.2 Å². The van der Waals surface area contributed by atoms with Crippen LogP contribution in [0.15, 0.2) is 0 Å². The van der Waals surface area contributed by atoms with Gasteiger partial charge in [-0.2, -0.15) is 0 Å². The Morgan fingerprint density at radius 3 is 2.44 bits per heavy atom. The molecule has 0 saturated carbocycles. The van der Waals surface area contributed by atoms with Gasteiger partial charge in [0.25, 0.3) is 0 Å². The van der Waals surface area contributed by atoms with Gasteiger partial charge in [-0.05, 0) is 6.42 Å². The van der Waals surface area contributed by atoms with Crippen LogP contribution in [0.3, 0.4) is 0 Å². The van der Waals surface area contributed by atoms with E-state index in [-0.39, 0.29) is 12.0 Å². The number of alkyl halides is 1. The summed E-state index contributed by atoms with van der Waals surface area (Å²) >= 11 is 5.62. The van der Waals surface area contributed by atoms with Crippen molar-refractivity contribution in [3.8, 4) is 0 Å². The lowest BCUT2D eigenvalue weighted by Crippen LogP contribution is -2.24. The van der Waals surface area contributed by atoms with Gasteiger partial charge in [0.1, 0.15) is 0 Å². The van der Waals surface area contributed by atoms with Crippen molar-refractivity contribution in [2.45, 2.75) is 31.2 Å². The standard InChI is InChI=1S/C6H13ClO2/c1-2-3-5(7)6(9)4-8/h5-6,8-9H,2-4H2,1H3/t5-,6-/m0/s1. The van der Waals surface area contributed by atoms with E-state index >= 15 is 0 Å². The van der Waals surface area contributed by atoms with Crippen LogP contribution in [0.5, 0.6) is 0 Å². The zero-order valence-corrected chi connectivity index (χ0v) is 6.30. The molecule has 0 amide bonds. The molecule has 2 atom stereocenters. The molecule has 0 spiro atoms.